The van der Waals surface area contributed by atoms with Crippen LogP contribution in [0.25, 0.3) is 0 Å². The number of benzene rings is 3. The van der Waals surface area contributed by atoms with E-state index in [1.165, 1.54) is 36.4 Å². The number of nitro groups is 1. The van der Waals surface area contributed by atoms with Crippen molar-refractivity contribution in [3.63, 3.8) is 0 Å². The van der Waals surface area contributed by atoms with Gasteiger partial charge in [0, 0.05) is 17.7 Å². The van der Waals surface area contributed by atoms with Crippen molar-refractivity contribution in [1.29, 1.82) is 0 Å². The molecular formula is C21H19N3O6S. The Morgan fingerprint density at radius 3 is 2.45 bits per heavy atom. The van der Waals surface area contributed by atoms with Gasteiger partial charge in [0.1, 0.15) is 5.75 Å². The lowest BCUT2D eigenvalue weighted by Gasteiger charge is -2.14. The van der Waals surface area contributed by atoms with Gasteiger partial charge in [-0.2, -0.15) is 0 Å². The van der Waals surface area contributed by atoms with Gasteiger partial charge in [0.15, 0.2) is 0 Å². The Balaban J connectivity index is 1.92. The molecule has 0 radical (unpaired) electrons. The fourth-order valence-electron chi connectivity index (χ4n) is 2.74. The summed E-state index contributed by atoms with van der Waals surface area (Å²) in [7, 11) is -4.09. The van der Waals surface area contributed by atoms with E-state index in [0.717, 1.165) is 6.07 Å². The van der Waals surface area contributed by atoms with Gasteiger partial charge in [-0.1, -0.05) is 24.3 Å². The average molecular weight is 441 g/mol. The molecule has 0 unspecified atom stereocenters. The van der Waals surface area contributed by atoms with E-state index in [4.69, 9.17) is 4.74 Å². The van der Waals surface area contributed by atoms with E-state index in [0.29, 0.717) is 17.9 Å². The number of hydrogen-bond acceptors (Lipinski definition) is 6. The number of rotatable bonds is 8. The molecule has 0 aliphatic carbocycles. The van der Waals surface area contributed by atoms with E-state index in [-0.39, 0.29) is 22.0 Å². The van der Waals surface area contributed by atoms with Gasteiger partial charge in [-0.05, 0) is 43.3 Å². The summed E-state index contributed by atoms with van der Waals surface area (Å²) in [5, 5.41) is 13.6. The second-order valence-electron chi connectivity index (χ2n) is 6.32. The number of non-ortho nitro benzene ring substituents is 1. The minimum absolute atomic E-state index is 0.0398. The molecule has 31 heavy (non-hydrogen) atoms. The highest BCUT2D eigenvalue weighted by molar-refractivity contribution is 7.92. The quantitative estimate of drug-likeness (QED) is 0.401. The molecular weight excluding hydrogens is 422 g/mol. The number of nitrogens with zero attached hydrogens (tertiary/aromatic N) is 1. The first-order valence-corrected chi connectivity index (χ1v) is 10.7. The van der Waals surface area contributed by atoms with Crippen molar-refractivity contribution in [3.8, 4) is 5.75 Å². The molecule has 0 atom stereocenters. The number of sulfonamides is 1. The van der Waals surface area contributed by atoms with E-state index < -0.39 is 20.9 Å². The second kappa shape index (κ2) is 9.26. The summed E-state index contributed by atoms with van der Waals surface area (Å²) < 4.78 is 33.5. The van der Waals surface area contributed by atoms with Gasteiger partial charge in [0.2, 0.25) is 0 Å². The Labute approximate surface area is 178 Å². The molecule has 0 aliphatic heterocycles. The van der Waals surface area contributed by atoms with Gasteiger partial charge in [-0.25, -0.2) is 8.42 Å². The van der Waals surface area contributed by atoms with Crippen LogP contribution in [0, 0.1) is 10.1 Å². The standard InChI is InChI=1S/C21H19N3O6S/c1-2-30-20-12-11-18(14-19(20)22-21(25)15-7-4-3-5-8-15)31(28,29)23-16-9-6-10-17(13-16)24(26)27/h3-14,23H,2H2,1H3,(H,22,25). The van der Waals surface area contributed by atoms with Crippen LogP contribution in [0.2, 0.25) is 0 Å². The van der Waals surface area contributed by atoms with Crippen LogP contribution < -0.4 is 14.8 Å². The number of carbonyl (C=O) groups excluding carboxylic acids is 1. The molecule has 0 bridgehead atoms. The van der Waals surface area contributed by atoms with Gasteiger partial charge < -0.3 is 10.1 Å². The summed E-state index contributed by atoms with van der Waals surface area (Å²) >= 11 is 0. The van der Waals surface area contributed by atoms with E-state index >= 15 is 0 Å². The minimum Gasteiger partial charge on any atom is -0.492 e. The number of ether oxygens (including phenoxy) is 1. The first-order valence-electron chi connectivity index (χ1n) is 9.20. The van der Waals surface area contributed by atoms with Crippen LogP contribution in [-0.4, -0.2) is 25.9 Å². The summed E-state index contributed by atoms with van der Waals surface area (Å²) in [6, 6.07) is 17.6. The molecule has 160 valence electrons. The van der Waals surface area contributed by atoms with E-state index in [1.807, 2.05) is 0 Å². The molecule has 9 nitrogen and oxygen atoms in total. The third-order valence-electron chi connectivity index (χ3n) is 4.15. The summed E-state index contributed by atoms with van der Waals surface area (Å²) in [6.45, 7) is 2.07. The molecule has 3 aromatic carbocycles. The van der Waals surface area contributed by atoms with Crippen LogP contribution in [0.15, 0.2) is 77.7 Å². The number of hydrogen-bond donors (Lipinski definition) is 2. The first kappa shape index (κ1) is 21.8. The van der Waals surface area contributed by atoms with Crippen molar-refractivity contribution in [2.45, 2.75) is 11.8 Å². The lowest BCUT2D eigenvalue weighted by Crippen LogP contribution is -2.16. The number of nitrogens with one attached hydrogen (secondary N) is 2. The molecule has 0 aliphatic rings. The van der Waals surface area contributed by atoms with Crippen LogP contribution >= 0.6 is 0 Å². The first-order chi connectivity index (χ1) is 14.8. The highest BCUT2D eigenvalue weighted by Crippen LogP contribution is 2.30. The van der Waals surface area contributed by atoms with Crippen molar-refractivity contribution in [2.24, 2.45) is 0 Å². The SMILES string of the molecule is CCOc1ccc(S(=O)(=O)Nc2cccc([N+](=O)[O-])c2)cc1NC(=O)c1ccccc1. The molecule has 0 saturated carbocycles. The Morgan fingerprint density at radius 1 is 1.03 bits per heavy atom. The summed E-state index contributed by atoms with van der Waals surface area (Å²) in [6.07, 6.45) is 0. The Bertz CT molecular complexity index is 1210. The maximum atomic E-state index is 12.8. The Kier molecular flexibility index (Phi) is 6.51. The zero-order valence-corrected chi connectivity index (χ0v) is 17.3. The average Bonchev–Trinajstić information content (AvgIpc) is 2.75. The van der Waals surface area contributed by atoms with Crippen LogP contribution in [0.4, 0.5) is 17.1 Å². The van der Waals surface area contributed by atoms with Gasteiger partial charge in [0.05, 0.1) is 27.8 Å². The summed E-state index contributed by atoms with van der Waals surface area (Å²) in [5.41, 5.74) is 0.367. The predicted octanol–water partition coefficient (Wildman–Crippen LogP) is 4.05. The molecule has 2 N–H and O–H groups in total. The molecule has 3 aromatic rings. The number of carbonyl (C=O) groups is 1. The van der Waals surface area contributed by atoms with E-state index in [9.17, 15) is 23.3 Å². The molecule has 3 rings (SSSR count). The number of nitro benzene ring substituents is 1. The van der Waals surface area contributed by atoms with E-state index in [1.54, 1.807) is 37.3 Å². The molecule has 1 amide bonds. The van der Waals surface area contributed by atoms with Crippen molar-refractivity contribution in [2.75, 3.05) is 16.6 Å². The topological polar surface area (TPSA) is 128 Å². The number of amides is 1. The third-order valence-corrected chi connectivity index (χ3v) is 5.53. The van der Waals surface area contributed by atoms with Gasteiger partial charge in [0.25, 0.3) is 21.6 Å². The summed E-state index contributed by atoms with van der Waals surface area (Å²) in [4.78, 5) is 22.7. The minimum atomic E-state index is -4.09. The zero-order chi connectivity index (χ0) is 22.4. The van der Waals surface area contributed by atoms with Gasteiger partial charge in [-0.3, -0.25) is 19.6 Å². The second-order valence-corrected chi connectivity index (χ2v) is 8.01. The van der Waals surface area contributed by atoms with Crippen molar-refractivity contribution in [3.05, 3.63) is 88.5 Å². The molecule has 0 fully saturated rings. The molecule has 0 heterocycles. The smallest absolute Gasteiger partial charge is 0.271 e. The highest BCUT2D eigenvalue weighted by atomic mass is 32.2. The van der Waals surface area contributed by atoms with Crippen molar-refractivity contribution >= 4 is 33.0 Å². The maximum Gasteiger partial charge on any atom is 0.271 e. The molecule has 10 heteroatoms. The maximum absolute atomic E-state index is 12.8. The number of anilines is 2. The lowest BCUT2D eigenvalue weighted by atomic mass is 10.2. The van der Waals surface area contributed by atoms with Crippen LogP contribution in [0.3, 0.4) is 0 Å². The van der Waals surface area contributed by atoms with Gasteiger partial charge in [-0.15, -0.1) is 0 Å². The molecule has 0 spiro atoms. The van der Waals surface area contributed by atoms with Crippen molar-refractivity contribution < 1.29 is 22.9 Å². The largest absolute Gasteiger partial charge is 0.492 e. The Morgan fingerprint density at radius 2 is 1.77 bits per heavy atom. The monoisotopic (exact) mass is 441 g/mol. The lowest BCUT2D eigenvalue weighted by molar-refractivity contribution is -0.384. The van der Waals surface area contributed by atoms with E-state index in [2.05, 4.69) is 10.0 Å². The highest BCUT2D eigenvalue weighted by Gasteiger charge is 2.19. The van der Waals surface area contributed by atoms with Crippen LogP contribution in [0.5, 0.6) is 5.75 Å². The fraction of sp³-hybridized carbons (Fsp3) is 0.0952. The normalized spacial score (nSPS) is 10.9. The predicted molar refractivity (Wildman–Crippen MR) is 116 cm³/mol. The fourth-order valence-corrected chi connectivity index (χ4v) is 3.81. The molecule has 0 saturated heterocycles. The zero-order valence-electron chi connectivity index (χ0n) is 16.4. The third kappa shape index (κ3) is 5.37. The van der Waals surface area contributed by atoms with Crippen LogP contribution in [-0.2, 0) is 10.0 Å². The summed E-state index contributed by atoms with van der Waals surface area (Å²) in [5.74, 6) is -0.121. The van der Waals surface area contributed by atoms with Gasteiger partial charge >= 0.3 is 0 Å². The molecule has 0 aromatic heterocycles. The van der Waals surface area contributed by atoms with Crippen molar-refractivity contribution in [1.82, 2.24) is 0 Å². The van der Waals surface area contributed by atoms with Crippen LogP contribution in [0.1, 0.15) is 17.3 Å². The Hall–Kier alpha value is -3.92.